The smallest absolute Gasteiger partial charge is 0.256 e. The van der Waals surface area contributed by atoms with Gasteiger partial charge in [-0.1, -0.05) is 41.6 Å². The molecule has 25 heavy (non-hydrogen) atoms. The van der Waals surface area contributed by atoms with Crippen molar-refractivity contribution < 1.29 is 4.79 Å². The van der Waals surface area contributed by atoms with Crippen LogP contribution in [-0.4, -0.2) is 21.1 Å². The average Bonchev–Trinajstić information content (AvgIpc) is 3.03. The summed E-state index contributed by atoms with van der Waals surface area (Å²) in [6.07, 6.45) is 3.05. The minimum absolute atomic E-state index is 0.269. The molecule has 0 aliphatic heterocycles. The molecule has 2 N–H and O–H groups in total. The van der Waals surface area contributed by atoms with E-state index in [9.17, 15) is 10.1 Å². The monoisotopic (exact) mass is 369 g/mol. The molecule has 8 heteroatoms. The summed E-state index contributed by atoms with van der Waals surface area (Å²) >= 11 is 7.51. The standard InChI is InChI=1S/C17H12ClN5OS/c18-14-4-2-1-3-12(14)10-25-17-13(9-19)15(22-23-17)21-16(24)11-5-7-20-8-6-11/h1-8H,10H2,(H2,21,22,23,24). The number of hydrogen-bond donors (Lipinski definition) is 2. The number of H-pyrrole nitrogens is 1. The maximum absolute atomic E-state index is 12.2. The van der Waals surface area contributed by atoms with E-state index in [-0.39, 0.29) is 11.7 Å². The molecule has 0 spiro atoms. The molecule has 6 nitrogen and oxygen atoms in total. The quantitative estimate of drug-likeness (QED) is 0.665. The normalized spacial score (nSPS) is 10.2. The van der Waals surface area contributed by atoms with Gasteiger partial charge in [-0.25, -0.2) is 0 Å². The number of rotatable bonds is 5. The number of halogens is 1. The van der Waals surface area contributed by atoms with E-state index in [1.165, 1.54) is 24.2 Å². The lowest BCUT2D eigenvalue weighted by Gasteiger charge is -2.03. The van der Waals surface area contributed by atoms with Crippen molar-refractivity contribution in [3.05, 3.63) is 70.5 Å². The minimum Gasteiger partial charge on any atom is -0.306 e. The van der Waals surface area contributed by atoms with E-state index in [2.05, 4.69) is 26.6 Å². The predicted molar refractivity (Wildman–Crippen MR) is 96.5 cm³/mol. The largest absolute Gasteiger partial charge is 0.306 e. The first-order chi connectivity index (χ1) is 12.2. The van der Waals surface area contributed by atoms with Crippen LogP contribution >= 0.6 is 23.4 Å². The molecule has 0 aliphatic carbocycles. The highest BCUT2D eigenvalue weighted by molar-refractivity contribution is 7.98. The SMILES string of the molecule is N#Cc1c(SCc2ccccc2Cl)n[nH]c1NC(=O)c1ccncc1. The number of anilines is 1. The summed E-state index contributed by atoms with van der Waals surface area (Å²) in [5.41, 5.74) is 1.68. The first kappa shape index (κ1) is 17.0. The molecule has 0 saturated heterocycles. The summed E-state index contributed by atoms with van der Waals surface area (Å²) in [4.78, 5) is 16.1. The molecular weight excluding hydrogens is 358 g/mol. The van der Waals surface area contributed by atoms with Gasteiger partial charge < -0.3 is 5.32 Å². The summed E-state index contributed by atoms with van der Waals surface area (Å²) in [5, 5.41) is 20.1. The van der Waals surface area contributed by atoms with Crippen molar-refractivity contribution in [2.75, 3.05) is 5.32 Å². The molecule has 0 bridgehead atoms. The van der Waals surface area contributed by atoms with Crippen LogP contribution in [0.4, 0.5) is 5.82 Å². The Bertz CT molecular complexity index is 936. The number of amides is 1. The Balaban J connectivity index is 1.74. The van der Waals surface area contributed by atoms with Crippen molar-refractivity contribution >= 4 is 35.1 Å². The molecule has 3 rings (SSSR count). The molecule has 1 amide bonds. The molecule has 0 unspecified atom stereocenters. The molecule has 124 valence electrons. The van der Waals surface area contributed by atoms with E-state index >= 15 is 0 Å². The third-order valence-electron chi connectivity index (χ3n) is 3.35. The van der Waals surface area contributed by atoms with Crippen LogP contribution < -0.4 is 5.32 Å². The van der Waals surface area contributed by atoms with Crippen molar-refractivity contribution in [2.45, 2.75) is 10.8 Å². The lowest BCUT2D eigenvalue weighted by atomic mass is 10.2. The van der Waals surface area contributed by atoms with Gasteiger partial charge in [-0.2, -0.15) is 10.4 Å². The Morgan fingerprint density at radius 3 is 2.76 bits per heavy atom. The van der Waals surface area contributed by atoms with Gasteiger partial charge in [0.15, 0.2) is 0 Å². The molecule has 1 aromatic carbocycles. The fourth-order valence-corrected chi connectivity index (χ4v) is 3.30. The molecule has 0 radical (unpaired) electrons. The minimum atomic E-state index is -0.342. The lowest BCUT2D eigenvalue weighted by molar-refractivity contribution is 0.102. The van der Waals surface area contributed by atoms with Crippen LogP contribution in [0.3, 0.4) is 0 Å². The van der Waals surface area contributed by atoms with Gasteiger partial charge in [0.2, 0.25) is 0 Å². The highest BCUT2D eigenvalue weighted by atomic mass is 35.5. The average molecular weight is 370 g/mol. The fourth-order valence-electron chi connectivity index (χ4n) is 2.07. The van der Waals surface area contributed by atoms with Gasteiger partial charge in [0.05, 0.1) is 0 Å². The summed E-state index contributed by atoms with van der Waals surface area (Å²) in [7, 11) is 0. The number of benzene rings is 1. The van der Waals surface area contributed by atoms with Gasteiger partial charge in [-0.15, -0.1) is 0 Å². The fraction of sp³-hybridized carbons (Fsp3) is 0.0588. The number of thioether (sulfide) groups is 1. The number of aromatic nitrogens is 3. The van der Waals surface area contributed by atoms with Crippen LogP contribution in [-0.2, 0) is 5.75 Å². The van der Waals surface area contributed by atoms with E-state index in [1.807, 2.05) is 24.3 Å². The maximum Gasteiger partial charge on any atom is 0.256 e. The topological polar surface area (TPSA) is 94.5 Å². The molecule has 0 atom stereocenters. The molecule has 3 aromatic rings. The van der Waals surface area contributed by atoms with Crippen LogP contribution in [0, 0.1) is 11.3 Å². The van der Waals surface area contributed by atoms with Crippen molar-refractivity contribution in [3.8, 4) is 6.07 Å². The third kappa shape index (κ3) is 3.99. The second-order valence-electron chi connectivity index (χ2n) is 4.96. The first-order valence-corrected chi connectivity index (χ1v) is 8.61. The predicted octanol–water partition coefficient (Wildman–Crippen LogP) is 3.87. The zero-order chi connectivity index (χ0) is 17.6. The third-order valence-corrected chi connectivity index (χ3v) is 4.74. The van der Waals surface area contributed by atoms with Gasteiger partial charge in [0.25, 0.3) is 5.91 Å². The molecule has 0 aliphatic rings. The first-order valence-electron chi connectivity index (χ1n) is 7.25. The molecule has 0 fully saturated rings. The van der Waals surface area contributed by atoms with Crippen molar-refractivity contribution in [3.63, 3.8) is 0 Å². The highest BCUT2D eigenvalue weighted by Crippen LogP contribution is 2.30. The number of nitrogens with zero attached hydrogens (tertiary/aromatic N) is 3. The second kappa shape index (κ2) is 7.83. The van der Waals surface area contributed by atoms with E-state index in [0.29, 0.717) is 26.9 Å². The number of carbonyl (C=O) groups excluding carboxylic acids is 1. The van der Waals surface area contributed by atoms with Crippen molar-refractivity contribution in [2.24, 2.45) is 0 Å². The second-order valence-corrected chi connectivity index (χ2v) is 6.33. The van der Waals surface area contributed by atoms with Gasteiger partial charge in [0, 0.05) is 28.7 Å². The molecule has 2 aromatic heterocycles. The van der Waals surface area contributed by atoms with Gasteiger partial charge in [-0.05, 0) is 23.8 Å². The lowest BCUT2D eigenvalue weighted by Crippen LogP contribution is -2.13. The summed E-state index contributed by atoms with van der Waals surface area (Å²) in [6.45, 7) is 0. The summed E-state index contributed by atoms with van der Waals surface area (Å²) in [6, 6.07) is 12.7. The van der Waals surface area contributed by atoms with E-state index in [0.717, 1.165) is 5.56 Å². The number of nitrogens with one attached hydrogen (secondary N) is 2. The number of hydrogen-bond acceptors (Lipinski definition) is 5. The number of pyridine rings is 1. The van der Waals surface area contributed by atoms with Gasteiger partial charge in [-0.3, -0.25) is 14.9 Å². The van der Waals surface area contributed by atoms with Gasteiger partial charge >= 0.3 is 0 Å². The number of carbonyl (C=O) groups is 1. The van der Waals surface area contributed by atoms with E-state index in [4.69, 9.17) is 11.6 Å². The van der Waals surface area contributed by atoms with Crippen LogP contribution in [0.5, 0.6) is 0 Å². The van der Waals surface area contributed by atoms with Crippen LogP contribution in [0.2, 0.25) is 5.02 Å². The Morgan fingerprint density at radius 1 is 1.28 bits per heavy atom. The van der Waals surface area contributed by atoms with Crippen LogP contribution in [0.15, 0.2) is 53.8 Å². The Morgan fingerprint density at radius 2 is 2.04 bits per heavy atom. The Hall–Kier alpha value is -2.82. The van der Waals surface area contributed by atoms with Crippen molar-refractivity contribution in [1.82, 2.24) is 15.2 Å². The van der Waals surface area contributed by atoms with Gasteiger partial charge in [0.1, 0.15) is 22.5 Å². The van der Waals surface area contributed by atoms with Crippen LogP contribution in [0.25, 0.3) is 0 Å². The van der Waals surface area contributed by atoms with E-state index in [1.54, 1.807) is 12.1 Å². The number of nitriles is 1. The Kier molecular flexibility index (Phi) is 5.33. The summed E-state index contributed by atoms with van der Waals surface area (Å²) in [5.74, 6) is 0.493. The van der Waals surface area contributed by atoms with E-state index < -0.39 is 0 Å². The zero-order valence-corrected chi connectivity index (χ0v) is 14.4. The zero-order valence-electron chi connectivity index (χ0n) is 12.9. The number of aromatic amines is 1. The molecule has 2 heterocycles. The van der Waals surface area contributed by atoms with Crippen molar-refractivity contribution in [1.29, 1.82) is 5.26 Å². The molecular formula is C17H12ClN5OS. The maximum atomic E-state index is 12.2. The van der Waals surface area contributed by atoms with Crippen LogP contribution in [0.1, 0.15) is 21.5 Å². The summed E-state index contributed by atoms with van der Waals surface area (Å²) < 4.78 is 0. The molecule has 0 saturated carbocycles. The Labute approximate surface area is 153 Å². The highest BCUT2D eigenvalue weighted by Gasteiger charge is 2.17.